The van der Waals surface area contributed by atoms with Crippen molar-refractivity contribution < 1.29 is 0 Å². The van der Waals surface area contributed by atoms with Crippen LogP contribution in [-0.4, -0.2) is 0 Å². The van der Waals surface area contributed by atoms with E-state index in [1.807, 2.05) is 0 Å². The average Bonchev–Trinajstić information content (AvgIpc) is 3.01. The lowest BCUT2D eigenvalue weighted by molar-refractivity contribution is 1.19. The third-order valence-electron chi connectivity index (χ3n) is 9.83. The number of hydrogen-bond donors (Lipinski definition) is 0. The molecule has 0 saturated heterocycles. The number of aryl methyl sites for hydroxylation is 8. The van der Waals surface area contributed by atoms with Gasteiger partial charge in [-0.2, -0.15) is 0 Å². The molecule has 0 bridgehead atoms. The Bertz CT molecular complexity index is 2240. The van der Waals surface area contributed by atoms with E-state index in [4.69, 9.17) is 0 Å². The van der Waals surface area contributed by atoms with Crippen molar-refractivity contribution in [1.82, 2.24) is 0 Å². The van der Waals surface area contributed by atoms with Gasteiger partial charge in [-0.15, -0.1) is 0 Å². The fourth-order valence-corrected chi connectivity index (χ4v) is 7.96. The fourth-order valence-electron chi connectivity index (χ4n) is 7.96. The molecule has 48 heavy (non-hydrogen) atoms. The summed E-state index contributed by atoms with van der Waals surface area (Å²) in [6, 6.07) is 41.8. The summed E-state index contributed by atoms with van der Waals surface area (Å²) < 4.78 is 0. The number of nitrogens with zero attached hydrogens (tertiary/aromatic N) is 2. The van der Waals surface area contributed by atoms with Crippen LogP contribution in [0.5, 0.6) is 0 Å². The molecule has 0 aromatic heterocycles. The van der Waals surface area contributed by atoms with Crippen LogP contribution in [0.25, 0.3) is 11.1 Å². The van der Waals surface area contributed by atoms with E-state index in [1.165, 1.54) is 112 Å². The summed E-state index contributed by atoms with van der Waals surface area (Å²) in [4.78, 5) is 4.98. The van der Waals surface area contributed by atoms with E-state index in [-0.39, 0.29) is 0 Å². The van der Waals surface area contributed by atoms with Gasteiger partial charge in [0.05, 0.1) is 22.7 Å². The molecule has 6 aromatic carbocycles. The van der Waals surface area contributed by atoms with Crippen molar-refractivity contribution in [1.29, 1.82) is 0 Å². The van der Waals surface area contributed by atoms with Gasteiger partial charge in [-0.3, -0.25) is 0 Å². The third-order valence-corrected chi connectivity index (χ3v) is 9.83. The van der Waals surface area contributed by atoms with Gasteiger partial charge in [-0.1, -0.05) is 60.2 Å². The SMILES string of the molecule is Cc1cc(C)cc(N2c3ccc(C)cc3C(=C3c4ccc(C)cc4N(c4cc(C)cc(C)c4)c4cc(C)ccc43)c3ccc(C)cc32)c1. The van der Waals surface area contributed by atoms with E-state index in [1.54, 1.807) is 0 Å². The predicted molar refractivity (Wildman–Crippen MR) is 205 cm³/mol. The zero-order valence-electron chi connectivity index (χ0n) is 29.3. The molecule has 0 spiro atoms. The van der Waals surface area contributed by atoms with Gasteiger partial charge in [0, 0.05) is 44.8 Å². The number of benzene rings is 6. The van der Waals surface area contributed by atoms with Gasteiger partial charge >= 0.3 is 0 Å². The van der Waals surface area contributed by atoms with Crippen molar-refractivity contribution in [2.24, 2.45) is 0 Å². The summed E-state index contributed by atoms with van der Waals surface area (Å²) in [6.45, 7) is 17.6. The maximum atomic E-state index is 2.49. The highest BCUT2D eigenvalue weighted by Gasteiger charge is 2.35. The molecule has 2 aliphatic rings. The smallest absolute Gasteiger partial charge is 0.0543 e. The molecular formula is C46H42N2. The number of fused-ring (bicyclic) bond motifs is 4. The fraction of sp³-hybridized carbons (Fsp3) is 0.174. The van der Waals surface area contributed by atoms with Crippen molar-refractivity contribution >= 4 is 45.3 Å². The summed E-state index contributed by atoms with van der Waals surface area (Å²) in [5.74, 6) is 0. The molecule has 2 heteroatoms. The lowest BCUT2D eigenvalue weighted by atomic mass is 9.78. The molecule has 0 unspecified atom stereocenters. The maximum absolute atomic E-state index is 2.49. The maximum Gasteiger partial charge on any atom is 0.0543 e. The monoisotopic (exact) mass is 622 g/mol. The molecule has 236 valence electrons. The normalized spacial score (nSPS) is 13.2. The van der Waals surface area contributed by atoms with E-state index in [0.29, 0.717) is 0 Å². The van der Waals surface area contributed by atoms with E-state index in [2.05, 4.69) is 174 Å². The Morgan fingerprint density at radius 2 is 0.604 bits per heavy atom. The van der Waals surface area contributed by atoms with Crippen LogP contribution >= 0.6 is 0 Å². The minimum absolute atomic E-state index is 1.20. The van der Waals surface area contributed by atoms with Crippen LogP contribution in [0.15, 0.2) is 109 Å². The van der Waals surface area contributed by atoms with E-state index in [9.17, 15) is 0 Å². The van der Waals surface area contributed by atoms with Crippen LogP contribution in [0.3, 0.4) is 0 Å². The van der Waals surface area contributed by atoms with E-state index < -0.39 is 0 Å². The molecule has 6 aromatic rings. The Morgan fingerprint density at radius 3 is 1.02 bits per heavy atom. The van der Waals surface area contributed by atoms with Crippen LogP contribution in [0, 0.1) is 55.4 Å². The zero-order chi connectivity index (χ0) is 33.4. The lowest BCUT2D eigenvalue weighted by Crippen LogP contribution is -2.22. The number of rotatable bonds is 2. The van der Waals surface area contributed by atoms with Crippen molar-refractivity contribution in [2.75, 3.05) is 9.80 Å². The van der Waals surface area contributed by atoms with Crippen molar-refractivity contribution in [3.63, 3.8) is 0 Å². The molecule has 0 amide bonds. The highest BCUT2D eigenvalue weighted by atomic mass is 15.2. The third kappa shape index (κ3) is 4.86. The first-order chi connectivity index (χ1) is 23.0. The van der Waals surface area contributed by atoms with Crippen LogP contribution in [0.4, 0.5) is 34.1 Å². The average molecular weight is 623 g/mol. The van der Waals surface area contributed by atoms with Crippen LogP contribution in [0.2, 0.25) is 0 Å². The molecule has 0 N–H and O–H groups in total. The molecule has 2 heterocycles. The highest BCUT2D eigenvalue weighted by Crippen LogP contribution is 2.57. The predicted octanol–water partition coefficient (Wildman–Crippen LogP) is 12.7. The Labute approximate surface area is 285 Å². The molecular weight excluding hydrogens is 581 g/mol. The summed E-state index contributed by atoms with van der Waals surface area (Å²) in [6.07, 6.45) is 0. The minimum Gasteiger partial charge on any atom is -0.309 e. The first-order valence-electron chi connectivity index (χ1n) is 17.0. The Kier molecular flexibility index (Phi) is 6.96. The lowest BCUT2D eigenvalue weighted by Gasteiger charge is -2.40. The van der Waals surface area contributed by atoms with Gasteiger partial charge in [-0.05, 0) is 149 Å². The van der Waals surface area contributed by atoms with Crippen molar-refractivity contribution in [2.45, 2.75) is 55.4 Å². The Morgan fingerprint density at radius 1 is 0.271 bits per heavy atom. The first-order valence-corrected chi connectivity index (χ1v) is 17.0. The van der Waals surface area contributed by atoms with Crippen molar-refractivity contribution in [3.05, 3.63) is 176 Å². The van der Waals surface area contributed by atoms with Gasteiger partial charge in [0.15, 0.2) is 0 Å². The summed E-state index contributed by atoms with van der Waals surface area (Å²) in [5, 5.41) is 0. The van der Waals surface area contributed by atoms with Gasteiger partial charge in [0.2, 0.25) is 0 Å². The number of hydrogen-bond acceptors (Lipinski definition) is 2. The molecule has 8 rings (SSSR count). The number of anilines is 6. The summed E-state index contributed by atoms with van der Waals surface area (Å²) in [7, 11) is 0. The molecule has 0 fully saturated rings. The quantitative estimate of drug-likeness (QED) is 0.189. The van der Waals surface area contributed by atoms with Gasteiger partial charge in [-0.25, -0.2) is 0 Å². The van der Waals surface area contributed by atoms with Crippen LogP contribution in [-0.2, 0) is 0 Å². The second-order valence-corrected chi connectivity index (χ2v) is 14.2. The van der Waals surface area contributed by atoms with Crippen LogP contribution < -0.4 is 9.80 Å². The van der Waals surface area contributed by atoms with Crippen LogP contribution in [0.1, 0.15) is 66.8 Å². The second kappa shape index (κ2) is 11.1. The molecule has 0 saturated carbocycles. The van der Waals surface area contributed by atoms with Gasteiger partial charge in [0.25, 0.3) is 0 Å². The zero-order valence-corrected chi connectivity index (χ0v) is 29.3. The minimum atomic E-state index is 1.20. The van der Waals surface area contributed by atoms with E-state index >= 15 is 0 Å². The van der Waals surface area contributed by atoms with Gasteiger partial charge < -0.3 is 9.80 Å². The van der Waals surface area contributed by atoms with E-state index in [0.717, 1.165) is 0 Å². The van der Waals surface area contributed by atoms with Crippen molar-refractivity contribution in [3.8, 4) is 0 Å². The Balaban J connectivity index is 1.52. The second-order valence-electron chi connectivity index (χ2n) is 14.2. The van der Waals surface area contributed by atoms with Gasteiger partial charge in [0.1, 0.15) is 0 Å². The first kappa shape index (κ1) is 30.0. The molecule has 2 nitrogen and oxygen atoms in total. The topological polar surface area (TPSA) is 6.48 Å². The largest absolute Gasteiger partial charge is 0.309 e. The summed E-state index contributed by atoms with van der Waals surface area (Å²) in [5.41, 5.74) is 25.0. The Hall–Kier alpha value is -5.34. The standard InChI is InChI=1S/C46H42N2/c1-27-12-16-41-40(23-27)46(39-15-11-28(2)24-42(39)47(41)35-19-31(5)17-32(6)20-35)45-37-13-9-29(3)25-43(37)48(36-21-33(7)18-34(8)22-36)44-26-30(4)10-14-38(44)45/h9-26H,1-8H3. The summed E-state index contributed by atoms with van der Waals surface area (Å²) >= 11 is 0. The molecule has 0 aliphatic carbocycles. The molecule has 0 atom stereocenters. The highest BCUT2D eigenvalue weighted by molar-refractivity contribution is 6.17. The molecule has 0 radical (unpaired) electrons. The molecule has 2 aliphatic heterocycles.